The average Bonchev–Trinajstić information content (AvgIpc) is 2.88. The van der Waals surface area contributed by atoms with Crippen LogP contribution in [-0.2, 0) is 4.74 Å². The molecular formula is C14H13ClN2O3. The van der Waals surface area contributed by atoms with E-state index in [2.05, 4.69) is 5.10 Å². The molecule has 0 saturated carbocycles. The number of hydrogen-bond donors (Lipinski definition) is 0. The van der Waals surface area contributed by atoms with Crippen molar-refractivity contribution >= 4 is 23.4 Å². The molecule has 0 N–H and O–H groups in total. The number of ether oxygens (including phenoxy) is 1. The van der Waals surface area contributed by atoms with Crippen molar-refractivity contribution in [1.29, 1.82) is 0 Å². The van der Waals surface area contributed by atoms with Crippen LogP contribution in [0.25, 0.3) is 5.69 Å². The summed E-state index contributed by atoms with van der Waals surface area (Å²) in [5, 5.41) is 4.43. The van der Waals surface area contributed by atoms with Crippen LogP contribution in [0.5, 0.6) is 0 Å². The van der Waals surface area contributed by atoms with Crippen LogP contribution < -0.4 is 0 Å². The molecular weight excluding hydrogens is 280 g/mol. The van der Waals surface area contributed by atoms with Crippen molar-refractivity contribution in [2.75, 3.05) is 6.61 Å². The highest BCUT2D eigenvalue weighted by atomic mass is 35.5. The molecule has 5 nitrogen and oxygen atoms in total. The lowest BCUT2D eigenvalue weighted by atomic mass is 10.1. The van der Waals surface area contributed by atoms with E-state index in [9.17, 15) is 9.59 Å². The van der Waals surface area contributed by atoms with Gasteiger partial charge < -0.3 is 4.74 Å². The van der Waals surface area contributed by atoms with Gasteiger partial charge in [-0.2, -0.15) is 5.10 Å². The Bertz CT molecular complexity index is 664. The maximum Gasteiger partial charge on any atom is 0.341 e. The van der Waals surface area contributed by atoms with Crippen molar-refractivity contribution in [2.45, 2.75) is 13.8 Å². The fourth-order valence-electron chi connectivity index (χ4n) is 1.72. The molecule has 0 saturated heterocycles. The number of nitrogens with zero attached hydrogens (tertiary/aromatic N) is 2. The number of hydrogen-bond acceptors (Lipinski definition) is 4. The van der Waals surface area contributed by atoms with Crippen molar-refractivity contribution < 1.29 is 14.3 Å². The summed E-state index contributed by atoms with van der Waals surface area (Å²) in [7, 11) is 0. The van der Waals surface area contributed by atoms with Crippen molar-refractivity contribution in [3.05, 3.63) is 46.7 Å². The molecule has 0 fully saturated rings. The van der Waals surface area contributed by atoms with Crippen LogP contribution in [0.1, 0.15) is 34.6 Å². The van der Waals surface area contributed by atoms with Gasteiger partial charge in [0.15, 0.2) is 5.78 Å². The maximum atomic E-state index is 11.6. The van der Waals surface area contributed by atoms with E-state index in [0.29, 0.717) is 28.4 Å². The molecule has 6 heteroatoms. The molecule has 2 aromatic rings. The molecule has 0 amide bonds. The summed E-state index contributed by atoms with van der Waals surface area (Å²) in [6.07, 6.45) is 2.97. The van der Waals surface area contributed by atoms with Gasteiger partial charge >= 0.3 is 5.97 Å². The second-order valence-electron chi connectivity index (χ2n) is 4.11. The van der Waals surface area contributed by atoms with Crippen LogP contribution in [0, 0.1) is 0 Å². The number of rotatable bonds is 4. The number of aromatic nitrogens is 2. The zero-order valence-electron chi connectivity index (χ0n) is 11.1. The molecule has 20 heavy (non-hydrogen) atoms. The first-order valence-corrected chi connectivity index (χ1v) is 6.43. The first-order chi connectivity index (χ1) is 9.52. The highest BCUT2D eigenvalue weighted by Gasteiger charge is 2.12. The number of ketones is 1. The zero-order valence-corrected chi connectivity index (χ0v) is 11.8. The lowest BCUT2D eigenvalue weighted by molar-refractivity contribution is 0.0526. The molecule has 1 aromatic carbocycles. The van der Waals surface area contributed by atoms with E-state index in [4.69, 9.17) is 16.3 Å². The Labute approximate surface area is 121 Å². The molecule has 1 aromatic heterocycles. The smallest absolute Gasteiger partial charge is 0.341 e. The van der Waals surface area contributed by atoms with Gasteiger partial charge in [0.05, 0.1) is 29.1 Å². The minimum absolute atomic E-state index is 0.103. The largest absolute Gasteiger partial charge is 0.462 e. The Morgan fingerprint density at radius 1 is 1.40 bits per heavy atom. The van der Waals surface area contributed by atoms with Crippen LogP contribution in [0.2, 0.25) is 5.02 Å². The summed E-state index contributed by atoms with van der Waals surface area (Å²) in [5.41, 5.74) is 1.47. The molecule has 0 aliphatic rings. The van der Waals surface area contributed by atoms with Crippen molar-refractivity contribution in [1.82, 2.24) is 9.78 Å². The van der Waals surface area contributed by atoms with E-state index in [1.165, 1.54) is 17.8 Å². The summed E-state index contributed by atoms with van der Waals surface area (Å²) >= 11 is 6.04. The fourth-order valence-corrected chi connectivity index (χ4v) is 2.02. The fraction of sp³-hybridized carbons (Fsp3) is 0.214. The van der Waals surface area contributed by atoms with Crippen LogP contribution in [0.4, 0.5) is 0 Å². The Hall–Kier alpha value is -2.14. The van der Waals surface area contributed by atoms with Gasteiger partial charge in [0.25, 0.3) is 0 Å². The predicted octanol–water partition coefficient (Wildman–Crippen LogP) is 2.91. The Morgan fingerprint density at radius 2 is 2.15 bits per heavy atom. The third kappa shape index (κ3) is 2.88. The van der Waals surface area contributed by atoms with Crippen molar-refractivity contribution in [3.63, 3.8) is 0 Å². The molecule has 1 heterocycles. The van der Waals surface area contributed by atoms with E-state index in [1.807, 2.05) is 0 Å². The summed E-state index contributed by atoms with van der Waals surface area (Å²) in [4.78, 5) is 22.9. The van der Waals surface area contributed by atoms with Crippen LogP contribution in [0.3, 0.4) is 0 Å². The molecule has 2 rings (SSSR count). The van der Waals surface area contributed by atoms with Crippen molar-refractivity contribution in [2.24, 2.45) is 0 Å². The Balaban J connectivity index is 2.31. The maximum absolute atomic E-state index is 11.6. The number of carbonyl (C=O) groups excluding carboxylic acids is 2. The van der Waals surface area contributed by atoms with E-state index >= 15 is 0 Å². The van der Waals surface area contributed by atoms with E-state index in [-0.39, 0.29) is 5.78 Å². The van der Waals surface area contributed by atoms with Gasteiger partial charge in [-0.3, -0.25) is 4.79 Å². The quantitative estimate of drug-likeness (QED) is 0.642. The monoisotopic (exact) mass is 292 g/mol. The van der Waals surface area contributed by atoms with Gasteiger partial charge in [-0.1, -0.05) is 11.6 Å². The van der Waals surface area contributed by atoms with Crippen LogP contribution >= 0.6 is 11.6 Å². The van der Waals surface area contributed by atoms with Gasteiger partial charge in [0.2, 0.25) is 0 Å². The molecule has 0 aliphatic heterocycles. The number of halogens is 1. The molecule has 0 radical (unpaired) electrons. The molecule has 0 atom stereocenters. The van der Waals surface area contributed by atoms with Gasteiger partial charge in [-0.05, 0) is 32.0 Å². The third-order valence-corrected chi connectivity index (χ3v) is 3.00. The predicted molar refractivity (Wildman–Crippen MR) is 74.5 cm³/mol. The number of benzene rings is 1. The number of esters is 1. The number of carbonyl (C=O) groups is 2. The van der Waals surface area contributed by atoms with E-state index < -0.39 is 5.97 Å². The van der Waals surface area contributed by atoms with Gasteiger partial charge in [0, 0.05) is 11.8 Å². The Morgan fingerprint density at radius 3 is 2.75 bits per heavy atom. The second-order valence-corrected chi connectivity index (χ2v) is 4.52. The van der Waals surface area contributed by atoms with Crippen molar-refractivity contribution in [3.8, 4) is 5.69 Å². The van der Waals surface area contributed by atoms with Gasteiger partial charge in [0.1, 0.15) is 0 Å². The SMILES string of the molecule is CCOC(=O)c1cnn(-c2ccc(C(C)=O)c(Cl)c2)c1. The standard InChI is InChI=1S/C14H13ClN2O3/c1-3-20-14(19)10-7-16-17(8-10)11-4-5-12(9(2)18)13(15)6-11/h4-8H,3H2,1-2H3. The molecule has 0 aliphatic carbocycles. The van der Waals surface area contributed by atoms with E-state index in [0.717, 1.165) is 0 Å². The van der Waals surface area contributed by atoms with E-state index in [1.54, 1.807) is 31.3 Å². The first-order valence-electron chi connectivity index (χ1n) is 6.05. The highest BCUT2D eigenvalue weighted by molar-refractivity contribution is 6.34. The Kier molecular flexibility index (Phi) is 4.20. The summed E-state index contributed by atoms with van der Waals surface area (Å²) < 4.78 is 6.39. The van der Waals surface area contributed by atoms with Gasteiger partial charge in [-0.15, -0.1) is 0 Å². The highest BCUT2D eigenvalue weighted by Crippen LogP contribution is 2.20. The molecule has 104 valence electrons. The zero-order chi connectivity index (χ0) is 14.7. The van der Waals surface area contributed by atoms with Crippen LogP contribution in [0.15, 0.2) is 30.6 Å². The molecule has 0 spiro atoms. The minimum Gasteiger partial charge on any atom is -0.462 e. The lowest BCUT2D eigenvalue weighted by Gasteiger charge is -2.04. The minimum atomic E-state index is -0.426. The third-order valence-electron chi connectivity index (χ3n) is 2.69. The topological polar surface area (TPSA) is 61.2 Å². The first kappa shape index (κ1) is 14.3. The lowest BCUT2D eigenvalue weighted by Crippen LogP contribution is -2.03. The summed E-state index contributed by atoms with van der Waals surface area (Å²) in [6.45, 7) is 3.50. The normalized spacial score (nSPS) is 10.3. The summed E-state index contributed by atoms with van der Waals surface area (Å²) in [5.74, 6) is -0.528. The number of Topliss-reactive ketones (excluding diaryl/α,β-unsaturated/α-hetero) is 1. The van der Waals surface area contributed by atoms with Crippen LogP contribution in [-0.4, -0.2) is 28.1 Å². The second kappa shape index (κ2) is 5.88. The van der Waals surface area contributed by atoms with Gasteiger partial charge in [-0.25, -0.2) is 9.48 Å². The molecule has 0 bridgehead atoms. The average molecular weight is 293 g/mol. The molecule has 0 unspecified atom stereocenters. The summed E-state index contributed by atoms with van der Waals surface area (Å²) in [6, 6.07) is 4.97.